The van der Waals surface area contributed by atoms with Gasteiger partial charge in [0.15, 0.2) is 0 Å². The lowest BCUT2D eigenvalue weighted by molar-refractivity contribution is -0.119. The lowest BCUT2D eigenvalue weighted by Gasteiger charge is -2.27. The van der Waals surface area contributed by atoms with Crippen molar-refractivity contribution in [1.29, 1.82) is 0 Å². The number of aliphatic hydroxyl groups is 1. The highest BCUT2D eigenvalue weighted by Gasteiger charge is 2.38. The monoisotopic (exact) mass is 472 g/mol. The normalized spacial score (nSPS) is 24.1. The number of nitrogens with zero attached hydrogens (tertiary/aromatic N) is 1. The van der Waals surface area contributed by atoms with Crippen LogP contribution in [0.3, 0.4) is 0 Å². The highest BCUT2D eigenvalue weighted by Crippen LogP contribution is 2.35. The van der Waals surface area contributed by atoms with E-state index in [1.807, 2.05) is 45.2 Å². The smallest absolute Gasteiger partial charge is 0.253 e. The standard InChI is InChI=1S/C21H31NO3.C4H7NO.C3H6/c1-3-21(24)14-13-17(15-21)22(2)20(23)16-9-11-19(12-10-16)25-18-7-5-4-6-8-18;5-4(6)3-1-2-3;1-3-2/h9-12,17-18,24H,3-8,13-15H2,1-2H3;3H,1-2H2,(H2,5,6);3H,1H2,2H3. The summed E-state index contributed by atoms with van der Waals surface area (Å²) in [5, 5.41) is 10.4. The van der Waals surface area contributed by atoms with Crippen molar-refractivity contribution < 1.29 is 19.4 Å². The summed E-state index contributed by atoms with van der Waals surface area (Å²) < 4.78 is 6.03. The molecule has 3 N–H and O–H groups in total. The van der Waals surface area contributed by atoms with Crippen molar-refractivity contribution in [2.45, 2.75) is 102 Å². The second-order valence-electron chi connectivity index (χ2n) is 9.88. The van der Waals surface area contributed by atoms with Crippen LogP contribution in [0, 0.1) is 5.92 Å². The van der Waals surface area contributed by atoms with E-state index in [-0.39, 0.29) is 23.8 Å². The summed E-state index contributed by atoms with van der Waals surface area (Å²) in [5.41, 5.74) is 4.94. The Labute approximate surface area is 205 Å². The average molecular weight is 473 g/mol. The van der Waals surface area contributed by atoms with Gasteiger partial charge in [-0.1, -0.05) is 19.4 Å². The molecule has 6 nitrogen and oxygen atoms in total. The predicted molar refractivity (Wildman–Crippen MR) is 137 cm³/mol. The molecule has 1 aromatic carbocycles. The summed E-state index contributed by atoms with van der Waals surface area (Å²) in [4.78, 5) is 24.5. The van der Waals surface area contributed by atoms with Crippen LogP contribution >= 0.6 is 0 Å². The minimum Gasteiger partial charge on any atom is -0.490 e. The zero-order chi connectivity index (χ0) is 25.1. The molecule has 0 aromatic heterocycles. The maximum Gasteiger partial charge on any atom is 0.253 e. The molecule has 2 amide bonds. The quantitative estimate of drug-likeness (QED) is 0.554. The molecule has 0 aliphatic heterocycles. The molecule has 3 fully saturated rings. The first-order chi connectivity index (χ1) is 16.2. The van der Waals surface area contributed by atoms with Crippen molar-refractivity contribution in [2.75, 3.05) is 7.05 Å². The molecule has 0 saturated heterocycles. The van der Waals surface area contributed by atoms with Gasteiger partial charge in [0.2, 0.25) is 5.91 Å². The number of amides is 2. The van der Waals surface area contributed by atoms with E-state index in [1.54, 1.807) is 11.0 Å². The van der Waals surface area contributed by atoms with Crippen molar-refractivity contribution in [3.05, 3.63) is 42.5 Å². The van der Waals surface area contributed by atoms with Gasteiger partial charge < -0.3 is 20.5 Å². The number of hydrogen-bond donors (Lipinski definition) is 2. The Bertz CT molecular complexity index is 784. The molecule has 0 spiro atoms. The van der Waals surface area contributed by atoms with Crippen molar-refractivity contribution in [2.24, 2.45) is 11.7 Å². The molecule has 34 heavy (non-hydrogen) atoms. The fourth-order valence-corrected chi connectivity index (χ4v) is 4.52. The topological polar surface area (TPSA) is 92.9 Å². The van der Waals surface area contributed by atoms with E-state index in [0.29, 0.717) is 18.1 Å². The molecule has 1 aromatic rings. The first-order valence-electron chi connectivity index (χ1n) is 12.9. The van der Waals surface area contributed by atoms with E-state index in [9.17, 15) is 14.7 Å². The predicted octanol–water partition coefficient (Wildman–Crippen LogP) is 5.24. The summed E-state index contributed by atoms with van der Waals surface area (Å²) in [5.74, 6) is 0.988. The minimum absolute atomic E-state index is 0.0227. The van der Waals surface area contributed by atoms with Gasteiger partial charge in [0.05, 0.1) is 11.7 Å². The van der Waals surface area contributed by atoms with E-state index in [1.165, 1.54) is 19.3 Å². The Morgan fingerprint density at radius 2 is 1.74 bits per heavy atom. The minimum atomic E-state index is -0.600. The molecule has 3 aliphatic carbocycles. The molecule has 2 unspecified atom stereocenters. The fraction of sp³-hybridized carbons (Fsp3) is 0.643. The second-order valence-corrected chi connectivity index (χ2v) is 9.88. The maximum absolute atomic E-state index is 12.7. The average Bonchev–Trinajstić information content (AvgIpc) is 3.63. The summed E-state index contributed by atoms with van der Waals surface area (Å²) in [6.07, 6.45) is 13.3. The molecule has 4 rings (SSSR count). The van der Waals surface area contributed by atoms with Gasteiger partial charge in [0.25, 0.3) is 5.91 Å². The van der Waals surface area contributed by atoms with Crippen LogP contribution in [0.25, 0.3) is 0 Å². The van der Waals surface area contributed by atoms with Gasteiger partial charge in [0.1, 0.15) is 5.75 Å². The van der Waals surface area contributed by atoms with Crippen LogP contribution in [0.2, 0.25) is 0 Å². The van der Waals surface area contributed by atoms with Crippen LogP contribution in [0.15, 0.2) is 36.9 Å². The molecule has 190 valence electrons. The van der Waals surface area contributed by atoms with Gasteiger partial charge in [-0.3, -0.25) is 9.59 Å². The van der Waals surface area contributed by atoms with Gasteiger partial charge in [0, 0.05) is 24.6 Å². The van der Waals surface area contributed by atoms with Crippen LogP contribution in [0.5, 0.6) is 5.75 Å². The van der Waals surface area contributed by atoms with Gasteiger partial charge in [-0.15, -0.1) is 6.58 Å². The largest absolute Gasteiger partial charge is 0.490 e. The molecule has 6 heteroatoms. The van der Waals surface area contributed by atoms with Crippen molar-refractivity contribution in [3.8, 4) is 5.75 Å². The van der Waals surface area contributed by atoms with Gasteiger partial charge in [-0.05, 0) is 95.4 Å². The highest BCUT2D eigenvalue weighted by molar-refractivity contribution is 5.94. The number of hydrogen-bond acceptors (Lipinski definition) is 4. The third-order valence-corrected chi connectivity index (χ3v) is 7.02. The van der Waals surface area contributed by atoms with Gasteiger partial charge in [-0.25, -0.2) is 0 Å². The van der Waals surface area contributed by atoms with Crippen LogP contribution in [-0.2, 0) is 4.79 Å². The van der Waals surface area contributed by atoms with E-state index in [0.717, 1.165) is 50.7 Å². The molecule has 3 aliphatic rings. The summed E-state index contributed by atoms with van der Waals surface area (Å²) in [6, 6.07) is 7.66. The first kappa shape index (κ1) is 27.9. The van der Waals surface area contributed by atoms with Crippen molar-refractivity contribution in [1.82, 2.24) is 4.90 Å². The van der Waals surface area contributed by atoms with Gasteiger partial charge >= 0.3 is 0 Å². The van der Waals surface area contributed by atoms with E-state index in [4.69, 9.17) is 10.5 Å². The van der Waals surface area contributed by atoms with E-state index < -0.39 is 5.60 Å². The van der Waals surface area contributed by atoms with Gasteiger partial charge in [-0.2, -0.15) is 0 Å². The Hall–Kier alpha value is -2.34. The molecular weight excluding hydrogens is 428 g/mol. The zero-order valence-electron chi connectivity index (χ0n) is 21.3. The third-order valence-electron chi connectivity index (χ3n) is 7.02. The highest BCUT2D eigenvalue weighted by atomic mass is 16.5. The number of rotatable bonds is 6. The molecular formula is C28H44N2O4. The van der Waals surface area contributed by atoms with Crippen molar-refractivity contribution >= 4 is 11.8 Å². The SMILES string of the molecule is C=CC.CCC1(O)CCC(N(C)C(=O)c2ccc(OC3CCCCC3)cc2)C1.NC(=O)C1CC1. The van der Waals surface area contributed by atoms with Crippen molar-refractivity contribution in [3.63, 3.8) is 0 Å². The number of benzene rings is 1. The number of ether oxygens (including phenoxy) is 1. The summed E-state index contributed by atoms with van der Waals surface area (Å²) in [6.45, 7) is 7.26. The Balaban J connectivity index is 0.000000383. The van der Waals surface area contributed by atoms with Crippen LogP contribution < -0.4 is 10.5 Å². The molecule has 0 heterocycles. The van der Waals surface area contributed by atoms with E-state index in [2.05, 4.69) is 6.58 Å². The maximum atomic E-state index is 12.7. The Morgan fingerprint density at radius 1 is 1.15 bits per heavy atom. The van der Waals surface area contributed by atoms with Crippen LogP contribution in [0.4, 0.5) is 0 Å². The second kappa shape index (κ2) is 13.5. The van der Waals surface area contributed by atoms with E-state index >= 15 is 0 Å². The molecule has 0 radical (unpaired) electrons. The van der Waals surface area contributed by atoms with Crippen LogP contribution in [0.1, 0.15) is 94.8 Å². The lowest BCUT2D eigenvalue weighted by Crippen LogP contribution is -2.37. The number of allylic oxidation sites excluding steroid dienone is 1. The van der Waals surface area contributed by atoms with Crippen LogP contribution in [-0.4, -0.2) is 46.6 Å². The number of carbonyl (C=O) groups excluding carboxylic acids is 2. The lowest BCUT2D eigenvalue weighted by atomic mass is 9.98. The third kappa shape index (κ3) is 8.79. The number of primary amides is 1. The summed E-state index contributed by atoms with van der Waals surface area (Å²) in [7, 11) is 1.85. The number of carbonyl (C=O) groups is 2. The molecule has 2 atom stereocenters. The first-order valence-corrected chi connectivity index (χ1v) is 12.9. The Kier molecular flexibility index (Phi) is 11.1. The zero-order valence-corrected chi connectivity index (χ0v) is 21.3. The fourth-order valence-electron chi connectivity index (χ4n) is 4.52. The molecule has 0 bridgehead atoms. The summed E-state index contributed by atoms with van der Waals surface area (Å²) >= 11 is 0. The number of nitrogens with two attached hydrogens (primary N) is 1. The Morgan fingerprint density at radius 3 is 2.18 bits per heavy atom. The molecule has 3 saturated carbocycles.